The third-order valence-corrected chi connectivity index (χ3v) is 3.90. The number of hydrogen-bond donors (Lipinski definition) is 2. The third-order valence-electron chi connectivity index (χ3n) is 3.90. The zero-order chi connectivity index (χ0) is 14.0. The monoisotopic (exact) mass is 257 g/mol. The molecule has 0 rings (SSSR count). The van der Waals surface area contributed by atoms with Gasteiger partial charge in [-0.25, -0.2) is 0 Å². The molecule has 18 heavy (non-hydrogen) atoms. The van der Waals surface area contributed by atoms with Gasteiger partial charge in [-0.05, 0) is 12.3 Å². The summed E-state index contributed by atoms with van der Waals surface area (Å²) < 4.78 is 0. The molecular formula is C16H35NO. The molecule has 110 valence electrons. The van der Waals surface area contributed by atoms with Gasteiger partial charge in [0, 0.05) is 5.41 Å². The van der Waals surface area contributed by atoms with Crippen LogP contribution in [0.1, 0.15) is 85.5 Å². The van der Waals surface area contributed by atoms with Crippen LogP contribution in [0.4, 0.5) is 0 Å². The first-order chi connectivity index (χ1) is 8.36. The van der Waals surface area contributed by atoms with Crippen LogP contribution in [-0.4, -0.2) is 11.3 Å². The number of hydrogen-bond acceptors (Lipinski definition) is 2. The first-order valence-electron chi connectivity index (χ1n) is 7.80. The molecule has 0 aliphatic carbocycles. The summed E-state index contributed by atoms with van der Waals surface area (Å²) in [7, 11) is 0. The fourth-order valence-corrected chi connectivity index (χ4v) is 2.16. The molecule has 0 aliphatic rings. The Morgan fingerprint density at radius 1 is 0.889 bits per heavy atom. The molecule has 0 heterocycles. The molecule has 1 atom stereocenters. The van der Waals surface area contributed by atoms with Crippen LogP contribution in [0.25, 0.3) is 0 Å². The predicted molar refractivity (Wildman–Crippen MR) is 80.4 cm³/mol. The summed E-state index contributed by atoms with van der Waals surface area (Å²) in [5.74, 6) is 0.856. The summed E-state index contributed by atoms with van der Waals surface area (Å²) in [6.07, 6.45) is 11.1. The molecule has 2 nitrogen and oxygen atoms in total. The number of unbranched alkanes of at least 4 members (excludes halogenated alkanes) is 6. The highest BCUT2D eigenvalue weighted by Crippen LogP contribution is 2.25. The average Bonchev–Trinajstić information content (AvgIpc) is 2.26. The maximum Gasteiger partial charge on any atom is 0.107 e. The quantitative estimate of drug-likeness (QED) is 0.424. The molecule has 0 amide bonds. The van der Waals surface area contributed by atoms with Crippen molar-refractivity contribution in [3.05, 3.63) is 0 Å². The Hall–Kier alpha value is -0.0800. The van der Waals surface area contributed by atoms with E-state index in [2.05, 4.69) is 13.8 Å². The Labute approximate surface area is 114 Å². The maximum atomic E-state index is 9.40. The molecule has 0 spiro atoms. The van der Waals surface area contributed by atoms with E-state index >= 15 is 0 Å². The first-order valence-corrected chi connectivity index (χ1v) is 7.80. The van der Waals surface area contributed by atoms with E-state index in [9.17, 15) is 5.11 Å². The molecule has 0 aromatic carbocycles. The second kappa shape index (κ2) is 9.80. The number of nitrogens with two attached hydrogens (primary N) is 1. The standard InChI is InChI=1S/C16H35NO/c1-14(2)12-10-8-6-5-7-9-11-13-16(3,4)15(17)18/h14-15,18H,5-13,17H2,1-4H3. The molecule has 0 aromatic rings. The molecule has 3 N–H and O–H groups in total. The van der Waals surface area contributed by atoms with Crippen LogP contribution in [0.2, 0.25) is 0 Å². The van der Waals surface area contributed by atoms with Gasteiger partial charge in [0.15, 0.2) is 0 Å². The Bertz CT molecular complexity index is 188. The van der Waals surface area contributed by atoms with Gasteiger partial charge in [-0.2, -0.15) is 0 Å². The average molecular weight is 257 g/mol. The molecule has 0 aromatic heterocycles. The minimum Gasteiger partial charge on any atom is -0.378 e. The van der Waals surface area contributed by atoms with E-state index in [1.807, 2.05) is 13.8 Å². The van der Waals surface area contributed by atoms with Crippen molar-refractivity contribution in [2.75, 3.05) is 0 Å². The van der Waals surface area contributed by atoms with E-state index in [-0.39, 0.29) is 5.41 Å². The van der Waals surface area contributed by atoms with Crippen molar-refractivity contribution in [2.45, 2.75) is 91.7 Å². The van der Waals surface area contributed by atoms with Gasteiger partial charge in [0.1, 0.15) is 6.23 Å². The number of aliphatic hydroxyl groups is 1. The fraction of sp³-hybridized carbons (Fsp3) is 1.00. The number of rotatable bonds is 11. The van der Waals surface area contributed by atoms with E-state index in [0.29, 0.717) is 0 Å². The van der Waals surface area contributed by atoms with Crippen molar-refractivity contribution in [2.24, 2.45) is 17.1 Å². The Kier molecular flexibility index (Phi) is 9.76. The van der Waals surface area contributed by atoms with Gasteiger partial charge in [0.25, 0.3) is 0 Å². The summed E-state index contributed by atoms with van der Waals surface area (Å²) >= 11 is 0. The zero-order valence-corrected chi connectivity index (χ0v) is 13.0. The van der Waals surface area contributed by atoms with Crippen molar-refractivity contribution < 1.29 is 5.11 Å². The molecule has 0 saturated heterocycles. The highest BCUT2D eigenvalue weighted by atomic mass is 16.3. The predicted octanol–water partition coefficient (Wildman–Crippen LogP) is 4.46. The second-order valence-corrected chi connectivity index (χ2v) is 6.84. The lowest BCUT2D eigenvalue weighted by Crippen LogP contribution is -2.36. The maximum absolute atomic E-state index is 9.40. The summed E-state index contributed by atoms with van der Waals surface area (Å²) in [6, 6.07) is 0. The van der Waals surface area contributed by atoms with Crippen LogP contribution in [0.5, 0.6) is 0 Å². The molecule has 2 heteroatoms. The SMILES string of the molecule is CC(C)CCCCCCCCCC(C)(C)C(N)O. The summed E-state index contributed by atoms with van der Waals surface area (Å²) in [5.41, 5.74) is 5.42. The highest BCUT2D eigenvalue weighted by Gasteiger charge is 2.23. The van der Waals surface area contributed by atoms with Crippen LogP contribution in [-0.2, 0) is 0 Å². The van der Waals surface area contributed by atoms with Crippen LogP contribution in [0.15, 0.2) is 0 Å². The molecule has 1 unspecified atom stereocenters. The zero-order valence-electron chi connectivity index (χ0n) is 13.0. The Morgan fingerprint density at radius 3 is 1.78 bits per heavy atom. The topological polar surface area (TPSA) is 46.2 Å². The van der Waals surface area contributed by atoms with E-state index in [1.165, 1.54) is 51.4 Å². The van der Waals surface area contributed by atoms with Crippen molar-refractivity contribution in [3.8, 4) is 0 Å². The first kappa shape index (κ1) is 17.9. The molecule has 0 fully saturated rings. The summed E-state index contributed by atoms with van der Waals surface area (Å²) in [4.78, 5) is 0. The van der Waals surface area contributed by atoms with Crippen molar-refractivity contribution in [3.63, 3.8) is 0 Å². The van der Waals surface area contributed by atoms with E-state index in [4.69, 9.17) is 5.73 Å². The van der Waals surface area contributed by atoms with Crippen molar-refractivity contribution in [1.82, 2.24) is 0 Å². The van der Waals surface area contributed by atoms with Gasteiger partial charge >= 0.3 is 0 Å². The lowest BCUT2D eigenvalue weighted by molar-refractivity contribution is 0.0476. The molecular weight excluding hydrogens is 222 g/mol. The van der Waals surface area contributed by atoms with E-state index in [1.54, 1.807) is 0 Å². The van der Waals surface area contributed by atoms with E-state index in [0.717, 1.165) is 12.3 Å². The normalized spacial score (nSPS) is 14.2. The smallest absolute Gasteiger partial charge is 0.107 e. The van der Waals surface area contributed by atoms with Gasteiger partial charge in [-0.1, -0.05) is 79.1 Å². The van der Waals surface area contributed by atoms with Gasteiger partial charge in [-0.15, -0.1) is 0 Å². The summed E-state index contributed by atoms with van der Waals surface area (Å²) in [5, 5.41) is 9.40. The lowest BCUT2D eigenvalue weighted by atomic mass is 9.85. The summed E-state index contributed by atoms with van der Waals surface area (Å²) in [6.45, 7) is 8.69. The Balaban J connectivity index is 3.26. The van der Waals surface area contributed by atoms with Crippen molar-refractivity contribution in [1.29, 1.82) is 0 Å². The minimum absolute atomic E-state index is 0.128. The molecule has 0 saturated carbocycles. The lowest BCUT2D eigenvalue weighted by Gasteiger charge is -2.27. The molecule has 0 bridgehead atoms. The highest BCUT2D eigenvalue weighted by molar-refractivity contribution is 4.73. The molecule has 0 aliphatic heterocycles. The van der Waals surface area contributed by atoms with Crippen LogP contribution in [0, 0.1) is 11.3 Å². The van der Waals surface area contributed by atoms with Gasteiger partial charge in [0.2, 0.25) is 0 Å². The van der Waals surface area contributed by atoms with Gasteiger partial charge in [0.05, 0.1) is 0 Å². The van der Waals surface area contributed by atoms with Crippen molar-refractivity contribution >= 4 is 0 Å². The van der Waals surface area contributed by atoms with Crippen LogP contribution >= 0.6 is 0 Å². The van der Waals surface area contributed by atoms with Crippen LogP contribution < -0.4 is 5.73 Å². The largest absolute Gasteiger partial charge is 0.378 e. The van der Waals surface area contributed by atoms with Gasteiger partial charge < -0.3 is 10.8 Å². The minimum atomic E-state index is -0.687. The third kappa shape index (κ3) is 9.90. The second-order valence-electron chi connectivity index (χ2n) is 6.84. The number of aliphatic hydroxyl groups excluding tert-OH is 1. The molecule has 0 radical (unpaired) electrons. The van der Waals surface area contributed by atoms with Crippen LogP contribution in [0.3, 0.4) is 0 Å². The fourth-order valence-electron chi connectivity index (χ4n) is 2.16. The van der Waals surface area contributed by atoms with E-state index < -0.39 is 6.23 Å². The van der Waals surface area contributed by atoms with Gasteiger partial charge in [-0.3, -0.25) is 0 Å². The Morgan fingerprint density at radius 2 is 1.33 bits per heavy atom.